The fourth-order valence-corrected chi connectivity index (χ4v) is 0.522. The van der Waals surface area contributed by atoms with Gasteiger partial charge in [0.05, 0.1) is 5.38 Å². The second-order valence-electron chi connectivity index (χ2n) is 1.96. The average molecular weight is 151 g/mol. The lowest BCUT2D eigenvalue weighted by molar-refractivity contribution is 0.369. The van der Waals surface area contributed by atoms with Crippen molar-refractivity contribution in [2.75, 3.05) is 0 Å². The van der Waals surface area contributed by atoms with Crippen LogP contribution in [0.5, 0.6) is 0 Å². The molecule has 0 aliphatic rings. The third-order valence-electron chi connectivity index (χ3n) is 0.994. The molecule has 0 bridgehead atoms. The van der Waals surface area contributed by atoms with E-state index in [0.29, 0.717) is 0 Å². The third kappa shape index (κ3) is 4.46. The van der Waals surface area contributed by atoms with E-state index in [-0.39, 0.29) is 0 Å². The summed E-state index contributed by atoms with van der Waals surface area (Å²) in [5, 5.41) is -0.454. The van der Waals surface area contributed by atoms with Crippen LogP contribution in [0.3, 0.4) is 0 Å². The van der Waals surface area contributed by atoms with Crippen molar-refractivity contribution in [2.24, 2.45) is 0 Å². The van der Waals surface area contributed by atoms with Gasteiger partial charge in [-0.2, -0.15) is 0 Å². The molecule has 0 aliphatic heterocycles. The molecule has 0 aromatic rings. The first-order valence-electron chi connectivity index (χ1n) is 3.13. The first kappa shape index (κ1) is 8.96. The maximum absolute atomic E-state index is 12.2. The maximum atomic E-state index is 12.2. The van der Waals surface area contributed by atoms with Gasteiger partial charge < -0.3 is 0 Å². The van der Waals surface area contributed by atoms with Crippen LogP contribution in [-0.4, -0.2) is 11.5 Å². The molecule has 0 N–H and O–H groups in total. The Kier molecular flexibility index (Phi) is 4.78. The van der Waals surface area contributed by atoms with Gasteiger partial charge in [-0.1, -0.05) is 19.1 Å². The van der Waals surface area contributed by atoms with Crippen molar-refractivity contribution < 1.29 is 4.39 Å². The van der Waals surface area contributed by atoms with E-state index in [0.717, 1.165) is 6.42 Å². The Morgan fingerprint density at radius 1 is 1.67 bits per heavy atom. The van der Waals surface area contributed by atoms with E-state index in [4.69, 9.17) is 11.6 Å². The zero-order chi connectivity index (χ0) is 7.28. The summed E-state index contributed by atoms with van der Waals surface area (Å²) in [7, 11) is 0. The molecular weight excluding hydrogens is 139 g/mol. The van der Waals surface area contributed by atoms with Gasteiger partial charge in [-0.15, -0.1) is 11.6 Å². The number of allylic oxidation sites excluding steroid dienone is 2. The van der Waals surface area contributed by atoms with Crippen molar-refractivity contribution in [1.29, 1.82) is 0 Å². The highest BCUT2D eigenvalue weighted by molar-refractivity contribution is 6.22. The molecule has 0 amide bonds. The summed E-state index contributed by atoms with van der Waals surface area (Å²) >= 11 is 5.53. The summed E-state index contributed by atoms with van der Waals surface area (Å²) in [4.78, 5) is 0. The summed E-state index contributed by atoms with van der Waals surface area (Å²) in [6.45, 7) is 3.45. The highest BCUT2D eigenvalue weighted by Gasteiger charge is 2.07. The van der Waals surface area contributed by atoms with Crippen LogP contribution in [0.25, 0.3) is 0 Å². The summed E-state index contributed by atoms with van der Waals surface area (Å²) in [5.74, 6) is 0. The van der Waals surface area contributed by atoms with Crippen LogP contribution < -0.4 is 0 Å². The Bertz CT molecular complexity index is 88.9. The molecule has 0 aromatic heterocycles. The topological polar surface area (TPSA) is 0 Å². The van der Waals surface area contributed by atoms with Gasteiger partial charge in [0.1, 0.15) is 6.17 Å². The Morgan fingerprint density at radius 2 is 2.22 bits per heavy atom. The minimum absolute atomic E-state index is 0.454. The lowest BCUT2D eigenvalue weighted by atomic mass is 10.2. The Labute approximate surface area is 60.7 Å². The van der Waals surface area contributed by atoms with Crippen LogP contribution in [0.4, 0.5) is 4.39 Å². The summed E-state index contributed by atoms with van der Waals surface area (Å²) < 4.78 is 12.2. The number of halogens is 2. The Balaban J connectivity index is 3.48. The second-order valence-corrected chi connectivity index (χ2v) is 2.46. The molecule has 2 heteroatoms. The predicted octanol–water partition coefficient (Wildman–Crippen LogP) is 2.92. The zero-order valence-electron chi connectivity index (χ0n) is 5.77. The van der Waals surface area contributed by atoms with Crippen LogP contribution in [0.2, 0.25) is 0 Å². The molecule has 0 aromatic carbocycles. The van der Waals surface area contributed by atoms with Gasteiger partial charge in [0.15, 0.2) is 0 Å². The summed E-state index contributed by atoms with van der Waals surface area (Å²) in [5.41, 5.74) is 0. The highest BCUT2D eigenvalue weighted by atomic mass is 35.5. The van der Waals surface area contributed by atoms with Crippen molar-refractivity contribution in [3.8, 4) is 0 Å². The SMILES string of the molecule is CC/C=C/C(Cl)C(C)F. The smallest absolute Gasteiger partial charge is 0.117 e. The van der Waals surface area contributed by atoms with Gasteiger partial charge in [-0.3, -0.25) is 0 Å². The quantitative estimate of drug-likeness (QED) is 0.429. The van der Waals surface area contributed by atoms with Crippen LogP contribution in [-0.2, 0) is 0 Å². The summed E-state index contributed by atoms with van der Waals surface area (Å²) in [6.07, 6.45) is 3.52. The molecule has 2 unspecified atom stereocenters. The maximum Gasteiger partial charge on any atom is 0.117 e. The van der Waals surface area contributed by atoms with E-state index < -0.39 is 11.5 Å². The molecule has 0 saturated heterocycles. The molecular formula is C7H12ClF. The molecule has 9 heavy (non-hydrogen) atoms. The number of rotatable bonds is 3. The van der Waals surface area contributed by atoms with Crippen LogP contribution in [0.15, 0.2) is 12.2 Å². The first-order valence-corrected chi connectivity index (χ1v) is 3.57. The minimum atomic E-state index is -0.950. The Hall–Kier alpha value is -0.0400. The van der Waals surface area contributed by atoms with Crippen LogP contribution in [0, 0.1) is 0 Å². The highest BCUT2D eigenvalue weighted by Crippen LogP contribution is 2.07. The fourth-order valence-electron chi connectivity index (χ4n) is 0.419. The molecule has 0 rings (SSSR count). The molecule has 0 saturated carbocycles. The largest absolute Gasteiger partial charge is 0.246 e. The van der Waals surface area contributed by atoms with E-state index >= 15 is 0 Å². The van der Waals surface area contributed by atoms with Gasteiger partial charge in [0.2, 0.25) is 0 Å². The number of hydrogen-bond donors (Lipinski definition) is 0. The molecule has 0 aliphatic carbocycles. The third-order valence-corrected chi connectivity index (χ3v) is 1.49. The molecule has 0 nitrogen and oxygen atoms in total. The zero-order valence-corrected chi connectivity index (χ0v) is 6.53. The molecule has 0 fully saturated rings. The van der Waals surface area contributed by atoms with Gasteiger partial charge in [-0.25, -0.2) is 4.39 Å². The number of alkyl halides is 2. The van der Waals surface area contributed by atoms with E-state index in [2.05, 4.69) is 0 Å². The molecule has 54 valence electrons. The van der Waals surface area contributed by atoms with E-state index in [1.54, 1.807) is 6.08 Å². The first-order chi connectivity index (χ1) is 4.18. The molecule has 2 atom stereocenters. The van der Waals surface area contributed by atoms with Gasteiger partial charge in [-0.05, 0) is 13.3 Å². The van der Waals surface area contributed by atoms with Crippen molar-refractivity contribution in [1.82, 2.24) is 0 Å². The van der Waals surface area contributed by atoms with Gasteiger partial charge in [0, 0.05) is 0 Å². The minimum Gasteiger partial charge on any atom is -0.246 e. The Morgan fingerprint density at radius 3 is 2.56 bits per heavy atom. The van der Waals surface area contributed by atoms with Gasteiger partial charge in [0.25, 0.3) is 0 Å². The standard InChI is InChI=1S/C7H12ClF/c1-3-4-5-7(8)6(2)9/h4-7H,3H2,1-2H3/b5-4+. The second kappa shape index (κ2) is 4.80. The lowest BCUT2D eigenvalue weighted by Gasteiger charge is -2.02. The van der Waals surface area contributed by atoms with E-state index in [1.165, 1.54) is 6.92 Å². The number of hydrogen-bond acceptors (Lipinski definition) is 0. The fraction of sp³-hybridized carbons (Fsp3) is 0.714. The normalized spacial score (nSPS) is 18.2. The van der Waals surface area contributed by atoms with Crippen molar-refractivity contribution in [2.45, 2.75) is 31.8 Å². The average Bonchev–Trinajstić information content (AvgIpc) is 1.82. The van der Waals surface area contributed by atoms with E-state index in [9.17, 15) is 4.39 Å². The van der Waals surface area contributed by atoms with Crippen molar-refractivity contribution in [3.05, 3.63) is 12.2 Å². The lowest BCUT2D eigenvalue weighted by Crippen LogP contribution is -2.07. The van der Waals surface area contributed by atoms with Gasteiger partial charge >= 0.3 is 0 Å². The van der Waals surface area contributed by atoms with Crippen LogP contribution >= 0.6 is 11.6 Å². The van der Waals surface area contributed by atoms with Crippen molar-refractivity contribution in [3.63, 3.8) is 0 Å². The predicted molar refractivity (Wildman–Crippen MR) is 39.6 cm³/mol. The monoisotopic (exact) mass is 150 g/mol. The van der Waals surface area contributed by atoms with Crippen molar-refractivity contribution >= 4 is 11.6 Å². The molecule has 0 heterocycles. The summed E-state index contributed by atoms with van der Waals surface area (Å²) in [6, 6.07) is 0. The van der Waals surface area contributed by atoms with E-state index in [1.807, 2.05) is 13.0 Å². The molecule has 0 spiro atoms. The van der Waals surface area contributed by atoms with Crippen LogP contribution in [0.1, 0.15) is 20.3 Å². The molecule has 0 radical (unpaired) electrons.